The van der Waals surface area contributed by atoms with E-state index >= 15 is 0 Å². The molecular weight excluding hydrogens is 236 g/mol. The van der Waals surface area contributed by atoms with E-state index in [0.29, 0.717) is 10.6 Å². The predicted octanol–water partition coefficient (Wildman–Crippen LogP) is 3.65. The van der Waals surface area contributed by atoms with E-state index < -0.39 is 0 Å². The number of carbonyl (C=O) groups excluding carboxylic acids is 2. The van der Waals surface area contributed by atoms with Crippen molar-refractivity contribution in [1.82, 2.24) is 0 Å². The van der Waals surface area contributed by atoms with Crippen LogP contribution in [-0.2, 0) is 0 Å². The maximum Gasteiger partial charge on any atom is 0.150 e. The molecule has 2 aromatic rings. The second kappa shape index (κ2) is 7.36. The number of benzene rings is 2. The molecule has 17 heavy (non-hydrogen) atoms. The van der Waals surface area contributed by atoms with Gasteiger partial charge in [-0.05, 0) is 12.1 Å². The van der Waals surface area contributed by atoms with E-state index in [1.165, 1.54) is 0 Å². The minimum Gasteiger partial charge on any atom is -0.298 e. The number of hydrogen-bond donors (Lipinski definition) is 0. The van der Waals surface area contributed by atoms with E-state index in [0.717, 1.165) is 18.1 Å². The molecule has 2 rings (SSSR count). The van der Waals surface area contributed by atoms with Crippen molar-refractivity contribution in [2.24, 2.45) is 0 Å². The smallest absolute Gasteiger partial charge is 0.150 e. The van der Waals surface area contributed by atoms with Gasteiger partial charge in [0.05, 0.1) is 0 Å². The van der Waals surface area contributed by atoms with Crippen molar-refractivity contribution in [2.75, 3.05) is 0 Å². The van der Waals surface area contributed by atoms with Gasteiger partial charge in [-0.25, -0.2) is 0 Å². The van der Waals surface area contributed by atoms with E-state index in [1.807, 2.05) is 18.2 Å². The highest BCUT2D eigenvalue weighted by Crippen LogP contribution is 2.07. The van der Waals surface area contributed by atoms with Crippen LogP contribution < -0.4 is 0 Å². The topological polar surface area (TPSA) is 34.1 Å². The lowest BCUT2D eigenvalue weighted by Gasteiger charge is -1.87. The summed E-state index contributed by atoms with van der Waals surface area (Å²) in [5.74, 6) is 0. The quantitative estimate of drug-likeness (QED) is 0.758. The first kappa shape index (κ1) is 13.1. The summed E-state index contributed by atoms with van der Waals surface area (Å²) in [4.78, 5) is 20.1. The van der Waals surface area contributed by atoms with Crippen molar-refractivity contribution in [1.29, 1.82) is 0 Å². The maximum atomic E-state index is 10.1. The van der Waals surface area contributed by atoms with Gasteiger partial charge in [0.1, 0.15) is 12.6 Å². The summed E-state index contributed by atoms with van der Waals surface area (Å²) in [5.41, 5.74) is 1.38. The van der Waals surface area contributed by atoms with Crippen LogP contribution in [-0.4, -0.2) is 12.6 Å². The van der Waals surface area contributed by atoms with Crippen LogP contribution in [0, 0.1) is 0 Å². The Morgan fingerprint density at radius 2 is 1.18 bits per heavy atom. The summed E-state index contributed by atoms with van der Waals surface area (Å²) in [5, 5.41) is 0.653. The Morgan fingerprint density at radius 1 is 0.706 bits per heavy atom. The van der Waals surface area contributed by atoms with Crippen molar-refractivity contribution < 1.29 is 9.59 Å². The van der Waals surface area contributed by atoms with Gasteiger partial charge in [0, 0.05) is 16.1 Å². The molecule has 0 aliphatic heterocycles. The lowest BCUT2D eigenvalue weighted by Crippen LogP contribution is -1.74. The van der Waals surface area contributed by atoms with Crippen molar-refractivity contribution >= 4 is 24.2 Å². The molecule has 0 heterocycles. The van der Waals surface area contributed by atoms with Gasteiger partial charge in [-0.2, -0.15) is 0 Å². The molecule has 0 fully saturated rings. The Bertz CT molecular complexity index is 463. The van der Waals surface area contributed by atoms with Gasteiger partial charge < -0.3 is 0 Å². The van der Waals surface area contributed by atoms with Gasteiger partial charge >= 0.3 is 0 Å². The average Bonchev–Trinajstić information content (AvgIpc) is 2.41. The van der Waals surface area contributed by atoms with Gasteiger partial charge in [-0.1, -0.05) is 54.1 Å². The molecule has 0 N–H and O–H groups in total. The minimum atomic E-state index is 0.652. The van der Waals surface area contributed by atoms with Crippen molar-refractivity contribution in [3.05, 3.63) is 70.7 Å². The van der Waals surface area contributed by atoms with Crippen LogP contribution in [0.5, 0.6) is 0 Å². The monoisotopic (exact) mass is 246 g/mol. The molecule has 86 valence electrons. The average molecular weight is 247 g/mol. The number of rotatable bonds is 2. The number of aldehydes is 2. The summed E-state index contributed by atoms with van der Waals surface area (Å²) >= 11 is 5.55. The van der Waals surface area contributed by atoms with E-state index in [1.54, 1.807) is 36.4 Å². The fraction of sp³-hybridized carbons (Fsp3) is 0. The molecule has 0 bridgehead atoms. The fourth-order valence-electron chi connectivity index (χ4n) is 1.07. The van der Waals surface area contributed by atoms with Gasteiger partial charge in [-0.15, -0.1) is 0 Å². The van der Waals surface area contributed by atoms with Crippen LogP contribution in [0.4, 0.5) is 0 Å². The highest BCUT2D eigenvalue weighted by molar-refractivity contribution is 6.30. The fourth-order valence-corrected chi connectivity index (χ4v) is 1.20. The Labute approximate surface area is 105 Å². The van der Waals surface area contributed by atoms with Crippen molar-refractivity contribution in [3.63, 3.8) is 0 Å². The van der Waals surface area contributed by atoms with Gasteiger partial charge in [0.15, 0.2) is 0 Å². The zero-order valence-electron chi connectivity index (χ0n) is 9.05. The zero-order valence-corrected chi connectivity index (χ0v) is 9.80. The predicted molar refractivity (Wildman–Crippen MR) is 68.7 cm³/mol. The summed E-state index contributed by atoms with van der Waals surface area (Å²) < 4.78 is 0. The van der Waals surface area contributed by atoms with Crippen LogP contribution >= 0.6 is 11.6 Å². The molecule has 2 nitrogen and oxygen atoms in total. The van der Waals surface area contributed by atoms with Crippen molar-refractivity contribution in [2.45, 2.75) is 0 Å². The molecular formula is C14H11ClO2. The standard InChI is InChI=1S/C7H5ClO.C7H6O/c8-7-3-1-6(5-9)2-4-7;8-6-7-4-2-1-3-5-7/h1-5H;1-6H. The number of carbonyl (C=O) groups is 2. The second-order valence-corrected chi connectivity index (χ2v) is 3.63. The molecule has 0 saturated heterocycles. The Kier molecular flexibility index (Phi) is 5.69. The van der Waals surface area contributed by atoms with E-state index in [-0.39, 0.29) is 0 Å². The molecule has 0 aromatic heterocycles. The lowest BCUT2D eigenvalue weighted by molar-refractivity contribution is 0.111. The molecule has 0 radical (unpaired) electrons. The first-order valence-electron chi connectivity index (χ1n) is 4.97. The van der Waals surface area contributed by atoms with Crippen LogP contribution in [0.15, 0.2) is 54.6 Å². The third-order valence-corrected chi connectivity index (χ3v) is 2.19. The third kappa shape index (κ3) is 5.09. The summed E-state index contributed by atoms with van der Waals surface area (Å²) in [6, 6.07) is 15.8. The first-order chi connectivity index (χ1) is 8.26. The van der Waals surface area contributed by atoms with Crippen LogP contribution in [0.25, 0.3) is 0 Å². The molecule has 0 spiro atoms. The Balaban J connectivity index is 0.000000171. The molecule has 0 aliphatic carbocycles. The lowest BCUT2D eigenvalue weighted by atomic mass is 10.2. The second-order valence-electron chi connectivity index (χ2n) is 3.20. The summed E-state index contributed by atoms with van der Waals surface area (Å²) in [6.45, 7) is 0. The summed E-state index contributed by atoms with van der Waals surface area (Å²) in [7, 11) is 0. The van der Waals surface area contributed by atoms with Crippen molar-refractivity contribution in [3.8, 4) is 0 Å². The summed E-state index contributed by atoms with van der Waals surface area (Å²) in [6.07, 6.45) is 1.62. The highest BCUT2D eigenvalue weighted by atomic mass is 35.5. The van der Waals surface area contributed by atoms with Gasteiger partial charge in [0.2, 0.25) is 0 Å². The minimum absolute atomic E-state index is 0.652. The third-order valence-electron chi connectivity index (χ3n) is 1.94. The highest BCUT2D eigenvalue weighted by Gasteiger charge is 1.86. The molecule has 0 unspecified atom stereocenters. The molecule has 0 atom stereocenters. The SMILES string of the molecule is O=Cc1ccc(Cl)cc1.O=Cc1ccccc1. The van der Waals surface area contributed by atoms with E-state index in [2.05, 4.69) is 0 Å². The molecule has 3 heteroatoms. The zero-order chi connectivity index (χ0) is 12.5. The van der Waals surface area contributed by atoms with Crippen LogP contribution in [0.1, 0.15) is 20.7 Å². The van der Waals surface area contributed by atoms with Gasteiger partial charge in [-0.3, -0.25) is 9.59 Å². The largest absolute Gasteiger partial charge is 0.298 e. The molecule has 0 amide bonds. The van der Waals surface area contributed by atoms with Crippen LogP contribution in [0.3, 0.4) is 0 Å². The Hall–Kier alpha value is -1.93. The normalized spacial score (nSPS) is 8.76. The van der Waals surface area contributed by atoms with E-state index in [9.17, 15) is 9.59 Å². The first-order valence-corrected chi connectivity index (χ1v) is 5.35. The van der Waals surface area contributed by atoms with E-state index in [4.69, 9.17) is 11.6 Å². The van der Waals surface area contributed by atoms with Crippen LogP contribution in [0.2, 0.25) is 5.02 Å². The molecule has 0 aliphatic rings. The Morgan fingerprint density at radius 3 is 1.59 bits per heavy atom. The molecule has 0 saturated carbocycles. The number of halogens is 1. The number of hydrogen-bond acceptors (Lipinski definition) is 2. The van der Waals surface area contributed by atoms with Gasteiger partial charge in [0.25, 0.3) is 0 Å². The maximum absolute atomic E-state index is 10.1. The molecule has 2 aromatic carbocycles.